The smallest absolute Gasteiger partial charge is 0.168 e. The van der Waals surface area contributed by atoms with Gasteiger partial charge in [0.05, 0.1) is 10.0 Å². The van der Waals surface area contributed by atoms with Gasteiger partial charge in [-0.15, -0.1) is 0 Å². The minimum atomic E-state index is 0.0181. The van der Waals surface area contributed by atoms with Gasteiger partial charge in [0.2, 0.25) is 0 Å². The van der Waals surface area contributed by atoms with E-state index in [1.54, 1.807) is 30.6 Å². The van der Waals surface area contributed by atoms with Crippen molar-refractivity contribution in [2.45, 2.75) is 13.3 Å². The van der Waals surface area contributed by atoms with Crippen LogP contribution >= 0.6 is 23.2 Å². The molecule has 0 spiro atoms. The van der Waals surface area contributed by atoms with Gasteiger partial charge in [-0.25, -0.2) is 0 Å². The summed E-state index contributed by atoms with van der Waals surface area (Å²) in [7, 11) is 0. The van der Waals surface area contributed by atoms with Crippen molar-refractivity contribution >= 4 is 29.0 Å². The van der Waals surface area contributed by atoms with Crippen LogP contribution in [0.5, 0.6) is 0 Å². The number of hydrogen-bond acceptors (Lipinski definition) is 2. The molecule has 0 unspecified atom stereocenters. The van der Waals surface area contributed by atoms with E-state index in [4.69, 9.17) is 23.2 Å². The third-order valence-corrected chi connectivity index (χ3v) is 3.28. The highest BCUT2D eigenvalue weighted by Crippen LogP contribution is 2.23. The SMILES string of the molecule is Cc1cncc(C(=O)Cc2ccc(Cl)c(Cl)c2)c1. The van der Waals surface area contributed by atoms with Gasteiger partial charge in [0, 0.05) is 24.4 Å². The molecule has 18 heavy (non-hydrogen) atoms. The number of aromatic nitrogens is 1. The fourth-order valence-corrected chi connectivity index (χ4v) is 1.97. The maximum Gasteiger partial charge on any atom is 0.168 e. The van der Waals surface area contributed by atoms with Crippen LogP contribution in [-0.2, 0) is 6.42 Å². The molecule has 0 aliphatic rings. The number of benzene rings is 1. The van der Waals surface area contributed by atoms with E-state index in [0.717, 1.165) is 11.1 Å². The summed E-state index contributed by atoms with van der Waals surface area (Å²) in [6.07, 6.45) is 3.59. The minimum Gasteiger partial charge on any atom is -0.294 e. The van der Waals surface area contributed by atoms with E-state index in [1.807, 2.05) is 13.0 Å². The van der Waals surface area contributed by atoms with Crippen molar-refractivity contribution in [1.29, 1.82) is 0 Å². The summed E-state index contributed by atoms with van der Waals surface area (Å²) < 4.78 is 0. The summed E-state index contributed by atoms with van der Waals surface area (Å²) in [6.45, 7) is 1.91. The lowest BCUT2D eigenvalue weighted by molar-refractivity contribution is 0.0992. The normalized spacial score (nSPS) is 10.4. The Balaban J connectivity index is 2.18. The first-order valence-corrected chi connectivity index (χ1v) is 6.20. The monoisotopic (exact) mass is 279 g/mol. The van der Waals surface area contributed by atoms with Crippen LogP contribution in [0.1, 0.15) is 21.5 Å². The number of nitrogens with zero attached hydrogens (tertiary/aromatic N) is 1. The van der Waals surface area contributed by atoms with E-state index >= 15 is 0 Å². The number of halogens is 2. The van der Waals surface area contributed by atoms with Gasteiger partial charge in [0.15, 0.2) is 5.78 Å². The van der Waals surface area contributed by atoms with Crippen LogP contribution in [0.15, 0.2) is 36.7 Å². The van der Waals surface area contributed by atoms with Crippen molar-refractivity contribution in [3.05, 3.63) is 63.4 Å². The van der Waals surface area contributed by atoms with Gasteiger partial charge in [-0.05, 0) is 36.2 Å². The zero-order chi connectivity index (χ0) is 13.1. The van der Waals surface area contributed by atoms with Gasteiger partial charge in [-0.1, -0.05) is 29.3 Å². The Morgan fingerprint density at radius 2 is 1.94 bits per heavy atom. The van der Waals surface area contributed by atoms with E-state index < -0.39 is 0 Å². The summed E-state index contributed by atoms with van der Waals surface area (Å²) in [4.78, 5) is 16.1. The summed E-state index contributed by atoms with van der Waals surface area (Å²) in [5, 5.41) is 0.953. The van der Waals surface area contributed by atoms with E-state index in [9.17, 15) is 4.79 Å². The molecule has 0 amide bonds. The van der Waals surface area contributed by atoms with Crippen molar-refractivity contribution in [1.82, 2.24) is 4.98 Å². The van der Waals surface area contributed by atoms with Crippen molar-refractivity contribution < 1.29 is 4.79 Å². The highest BCUT2D eigenvalue weighted by Gasteiger charge is 2.09. The Hall–Kier alpha value is -1.38. The highest BCUT2D eigenvalue weighted by atomic mass is 35.5. The van der Waals surface area contributed by atoms with Crippen LogP contribution in [0.2, 0.25) is 10.0 Å². The van der Waals surface area contributed by atoms with E-state index in [0.29, 0.717) is 22.0 Å². The van der Waals surface area contributed by atoms with Crippen molar-refractivity contribution in [3.8, 4) is 0 Å². The summed E-state index contributed by atoms with van der Waals surface area (Å²) in [5.41, 5.74) is 2.42. The van der Waals surface area contributed by atoms with Crippen LogP contribution in [0.3, 0.4) is 0 Å². The summed E-state index contributed by atoms with van der Waals surface area (Å²) in [6, 6.07) is 7.04. The molecule has 0 fully saturated rings. The summed E-state index contributed by atoms with van der Waals surface area (Å²) >= 11 is 11.7. The molecule has 2 nitrogen and oxygen atoms in total. The molecule has 0 aliphatic carbocycles. The third kappa shape index (κ3) is 3.09. The number of ketones is 1. The molecule has 0 atom stereocenters. The molecular formula is C14H11Cl2NO. The van der Waals surface area contributed by atoms with E-state index in [2.05, 4.69) is 4.98 Å². The summed E-state index contributed by atoms with van der Waals surface area (Å²) in [5.74, 6) is 0.0181. The lowest BCUT2D eigenvalue weighted by Crippen LogP contribution is -2.04. The average molecular weight is 280 g/mol. The molecule has 1 aromatic heterocycles. The quantitative estimate of drug-likeness (QED) is 0.791. The van der Waals surface area contributed by atoms with Crippen LogP contribution in [-0.4, -0.2) is 10.8 Å². The molecule has 92 valence electrons. The first kappa shape index (κ1) is 13.1. The molecular weight excluding hydrogens is 269 g/mol. The standard InChI is InChI=1S/C14H11Cl2NO/c1-9-4-11(8-17-7-9)14(18)6-10-2-3-12(15)13(16)5-10/h2-5,7-8H,6H2,1H3. The fourth-order valence-electron chi connectivity index (χ4n) is 1.64. The Morgan fingerprint density at radius 1 is 1.17 bits per heavy atom. The second-order valence-corrected chi connectivity index (χ2v) is 4.91. The van der Waals surface area contributed by atoms with Crippen LogP contribution in [0.4, 0.5) is 0 Å². The Bertz CT molecular complexity index is 596. The van der Waals surface area contributed by atoms with Crippen molar-refractivity contribution in [2.24, 2.45) is 0 Å². The average Bonchev–Trinajstić information content (AvgIpc) is 2.34. The molecule has 4 heteroatoms. The Labute approximate surface area is 116 Å². The first-order chi connectivity index (χ1) is 8.56. The number of hydrogen-bond donors (Lipinski definition) is 0. The lowest BCUT2D eigenvalue weighted by atomic mass is 10.0. The zero-order valence-corrected chi connectivity index (χ0v) is 11.3. The van der Waals surface area contributed by atoms with Crippen LogP contribution in [0.25, 0.3) is 0 Å². The van der Waals surface area contributed by atoms with Crippen LogP contribution < -0.4 is 0 Å². The topological polar surface area (TPSA) is 30.0 Å². The van der Waals surface area contributed by atoms with Gasteiger partial charge in [0.25, 0.3) is 0 Å². The number of rotatable bonds is 3. The predicted molar refractivity (Wildman–Crippen MR) is 73.5 cm³/mol. The number of aryl methyl sites for hydroxylation is 1. The molecule has 0 saturated carbocycles. The van der Waals surface area contributed by atoms with Gasteiger partial charge in [0.1, 0.15) is 0 Å². The molecule has 2 aromatic rings. The zero-order valence-electron chi connectivity index (χ0n) is 9.78. The lowest BCUT2D eigenvalue weighted by Gasteiger charge is -2.03. The van der Waals surface area contributed by atoms with Crippen molar-refractivity contribution in [2.75, 3.05) is 0 Å². The first-order valence-electron chi connectivity index (χ1n) is 5.45. The molecule has 0 aliphatic heterocycles. The van der Waals surface area contributed by atoms with Gasteiger partial charge in [-0.3, -0.25) is 9.78 Å². The molecule has 0 N–H and O–H groups in total. The maximum absolute atomic E-state index is 12.0. The van der Waals surface area contributed by atoms with Crippen molar-refractivity contribution in [3.63, 3.8) is 0 Å². The van der Waals surface area contributed by atoms with Crippen LogP contribution in [0, 0.1) is 6.92 Å². The van der Waals surface area contributed by atoms with E-state index in [1.165, 1.54) is 0 Å². The minimum absolute atomic E-state index is 0.0181. The number of carbonyl (C=O) groups excluding carboxylic acids is 1. The van der Waals surface area contributed by atoms with Gasteiger partial charge < -0.3 is 0 Å². The second-order valence-electron chi connectivity index (χ2n) is 4.10. The number of pyridine rings is 1. The Morgan fingerprint density at radius 3 is 2.61 bits per heavy atom. The molecule has 0 radical (unpaired) electrons. The number of carbonyl (C=O) groups is 1. The molecule has 1 aromatic carbocycles. The Kier molecular flexibility index (Phi) is 4.00. The fraction of sp³-hybridized carbons (Fsp3) is 0.143. The van der Waals surface area contributed by atoms with E-state index in [-0.39, 0.29) is 5.78 Å². The molecule has 0 bridgehead atoms. The molecule has 2 rings (SSSR count). The molecule has 1 heterocycles. The van der Waals surface area contributed by atoms with Gasteiger partial charge >= 0.3 is 0 Å². The third-order valence-electron chi connectivity index (χ3n) is 2.55. The molecule has 0 saturated heterocycles. The number of Topliss-reactive ketones (excluding diaryl/α,β-unsaturated/α-hetero) is 1. The van der Waals surface area contributed by atoms with Gasteiger partial charge in [-0.2, -0.15) is 0 Å². The predicted octanol–water partition coefficient (Wildman–Crippen LogP) is 4.12. The maximum atomic E-state index is 12.0. The second kappa shape index (κ2) is 5.51. The highest BCUT2D eigenvalue weighted by molar-refractivity contribution is 6.42. The largest absolute Gasteiger partial charge is 0.294 e.